The number of phenols is 1. The Kier molecular flexibility index (Phi) is 2.68. The minimum atomic E-state index is 0.231. The number of aromatic nitrogens is 3. The van der Waals surface area contributed by atoms with Crippen LogP contribution in [-0.2, 0) is 6.54 Å². The summed E-state index contributed by atoms with van der Waals surface area (Å²) in [5.74, 6) is 0.231. The molecule has 5 nitrogen and oxygen atoms in total. The van der Waals surface area contributed by atoms with E-state index in [4.69, 9.17) is 5.73 Å². The summed E-state index contributed by atoms with van der Waals surface area (Å²) in [5.41, 5.74) is 9.94. The minimum Gasteiger partial charge on any atom is -0.506 e. The standard InChI is InChI=1S/C14H14N4O/c1-8-13(11-5-9(6-15)7-16-18-11)10-3-2-4-12(19)14(10)17-8/h2-5,7,17,19H,6,15H2,1H3. The summed E-state index contributed by atoms with van der Waals surface area (Å²) < 4.78 is 0. The molecule has 19 heavy (non-hydrogen) atoms. The highest BCUT2D eigenvalue weighted by Gasteiger charge is 2.14. The summed E-state index contributed by atoms with van der Waals surface area (Å²) in [7, 11) is 0. The summed E-state index contributed by atoms with van der Waals surface area (Å²) in [4.78, 5) is 3.18. The van der Waals surface area contributed by atoms with Crippen molar-refractivity contribution in [1.29, 1.82) is 0 Å². The van der Waals surface area contributed by atoms with Crippen molar-refractivity contribution >= 4 is 10.9 Å². The van der Waals surface area contributed by atoms with Gasteiger partial charge >= 0.3 is 0 Å². The molecular formula is C14H14N4O. The first kappa shape index (κ1) is 11.7. The minimum absolute atomic E-state index is 0.231. The van der Waals surface area contributed by atoms with E-state index in [-0.39, 0.29) is 5.75 Å². The highest BCUT2D eigenvalue weighted by atomic mass is 16.3. The molecule has 1 aromatic carbocycles. The average Bonchev–Trinajstić information content (AvgIpc) is 2.77. The summed E-state index contributed by atoms with van der Waals surface area (Å²) in [6.45, 7) is 2.38. The van der Waals surface area contributed by atoms with Crippen molar-refractivity contribution in [3.63, 3.8) is 0 Å². The molecule has 0 spiro atoms. The molecule has 0 atom stereocenters. The lowest BCUT2D eigenvalue weighted by Crippen LogP contribution is -1.99. The number of rotatable bonds is 2. The molecule has 0 saturated carbocycles. The number of phenolic OH excluding ortho intramolecular Hbond substituents is 1. The summed E-state index contributed by atoms with van der Waals surface area (Å²) in [6.07, 6.45) is 1.66. The monoisotopic (exact) mass is 254 g/mol. The van der Waals surface area contributed by atoms with E-state index < -0.39 is 0 Å². The molecule has 0 amide bonds. The fourth-order valence-electron chi connectivity index (χ4n) is 2.30. The van der Waals surface area contributed by atoms with E-state index in [1.165, 1.54) is 0 Å². The smallest absolute Gasteiger partial charge is 0.139 e. The van der Waals surface area contributed by atoms with Crippen LogP contribution in [0.2, 0.25) is 0 Å². The van der Waals surface area contributed by atoms with E-state index in [2.05, 4.69) is 15.2 Å². The Balaban J connectivity index is 2.30. The molecule has 96 valence electrons. The highest BCUT2D eigenvalue weighted by molar-refractivity contribution is 5.99. The molecule has 5 heteroatoms. The Bertz CT molecular complexity index is 748. The van der Waals surface area contributed by atoms with Gasteiger partial charge in [-0.1, -0.05) is 12.1 Å². The van der Waals surface area contributed by atoms with Crippen LogP contribution >= 0.6 is 0 Å². The van der Waals surface area contributed by atoms with Gasteiger partial charge in [0, 0.05) is 23.2 Å². The van der Waals surface area contributed by atoms with Crippen LogP contribution in [0.3, 0.4) is 0 Å². The van der Waals surface area contributed by atoms with Gasteiger partial charge in [0.2, 0.25) is 0 Å². The molecular weight excluding hydrogens is 240 g/mol. The fourth-order valence-corrected chi connectivity index (χ4v) is 2.30. The number of fused-ring (bicyclic) bond motifs is 1. The SMILES string of the molecule is Cc1[nH]c2c(O)cccc2c1-c1cc(CN)cnn1. The number of aromatic hydroxyl groups is 1. The zero-order valence-corrected chi connectivity index (χ0v) is 10.5. The van der Waals surface area contributed by atoms with Crippen molar-refractivity contribution in [2.24, 2.45) is 5.73 Å². The Hall–Kier alpha value is -2.40. The molecule has 2 aromatic heterocycles. The van der Waals surface area contributed by atoms with E-state index in [0.717, 1.165) is 33.4 Å². The number of para-hydroxylation sites is 1. The van der Waals surface area contributed by atoms with E-state index in [9.17, 15) is 5.11 Å². The Labute approximate surface area is 110 Å². The third kappa shape index (κ3) is 1.84. The lowest BCUT2D eigenvalue weighted by Gasteiger charge is -2.02. The van der Waals surface area contributed by atoms with Crippen LogP contribution in [-0.4, -0.2) is 20.3 Å². The van der Waals surface area contributed by atoms with Gasteiger partial charge in [-0.25, -0.2) is 0 Å². The summed E-state index contributed by atoms with van der Waals surface area (Å²) in [6, 6.07) is 7.34. The van der Waals surface area contributed by atoms with Gasteiger partial charge in [-0.15, -0.1) is 0 Å². The van der Waals surface area contributed by atoms with Crippen LogP contribution in [0.1, 0.15) is 11.3 Å². The average molecular weight is 254 g/mol. The largest absolute Gasteiger partial charge is 0.506 e. The van der Waals surface area contributed by atoms with Crippen molar-refractivity contribution in [2.75, 3.05) is 0 Å². The Morgan fingerprint density at radius 2 is 2.21 bits per heavy atom. The second-order valence-electron chi connectivity index (χ2n) is 4.48. The number of nitrogens with one attached hydrogen (secondary N) is 1. The first-order valence-corrected chi connectivity index (χ1v) is 6.03. The molecule has 0 fully saturated rings. The van der Waals surface area contributed by atoms with Crippen LogP contribution in [0.25, 0.3) is 22.2 Å². The molecule has 0 aliphatic carbocycles. The number of hydrogen-bond donors (Lipinski definition) is 3. The zero-order valence-electron chi connectivity index (χ0n) is 10.5. The maximum atomic E-state index is 9.87. The zero-order chi connectivity index (χ0) is 13.4. The van der Waals surface area contributed by atoms with Gasteiger partial charge in [0.15, 0.2) is 0 Å². The lowest BCUT2D eigenvalue weighted by molar-refractivity contribution is 0.480. The predicted octanol–water partition coefficient (Wildman–Crippen LogP) is 2.10. The third-order valence-corrected chi connectivity index (χ3v) is 3.20. The lowest BCUT2D eigenvalue weighted by atomic mass is 10.1. The molecule has 0 radical (unpaired) electrons. The van der Waals surface area contributed by atoms with Crippen molar-refractivity contribution in [3.8, 4) is 17.0 Å². The first-order chi connectivity index (χ1) is 9.20. The number of benzene rings is 1. The van der Waals surface area contributed by atoms with Crippen molar-refractivity contribution in [2.45, 2.75) is 13.5 Å². The molecule has 4 N–H and O–H groups in total. The van der Waals surface area contributed by atoms with Gasteiger partial charge in [-0.2, -0.15) is 10.2 Å². The number of aromatic amines is 1. The predicted molar refractivity (Wildman–Crippen MR) is 73.6 cm³/mol. The van der Waals surface area contributed by atoms with Gasteiger partial charge in [-0.3, -0.25) is 0 Å². The number of hydrogen-bond acceptors (Lipinski definition) is 4. The van der Waals surface area contributed by atoms with Crippen molar-refractivity contribution < 1.29 is 5.11 Å². The molecule has 2 heterocycles. The van der Waals surface area contributed by atoms with Gasteiger partial charge in [0.25, 0.3) is 0 Å². The highest BCUT2D eigenvalue weighted by Crippen LogP contribution is 2.34. The quantitative estimate of drug-likeness (QED) is 0.653. The van der Waals surface area contributed by atoms with Crippen LogP contribution in [0.15, 0.2) is 30.5 Å². The maximum Gasteiger partial charge on any atom is 0.139 e. The van der Waals surface area contributed by atoms with Crippen LogP contribution in [0.4, 0.5) is 0 Å². The number of aryl methyl sites for hydroxylation is 1. The maximum absolute atomic E-state index is 9.87. The summed E-state index contributed by atoms with van der Waals surface area (Å²) in [5, 5.41) is 18.9. The molecule has 0 aliphatic rings. The first-order valence-electron chi connectivity index (χ1n) is 6.03. The Morgan fingerprint density at radius 1 is 1.37 bits per heavy atom. The second kappa shape index (κ2) is 4.37. The molecule has 0 aliphatic heterocycles. The number of nitrogens with zero attached hydrogens (tertiary/aromatic N) is 2. The van der Waals surface area contributed by atoms with E-state index in [1.54, 1.807) is 12.3 Å². The normalized spacial score (nSPS) is 11.1. The van der Waals surface area contributed by atoms with Crippen LogP contribution in [0, 0.1) is 6.92 Å². The van der Waals surface area contributed by atoms with Gasteiger partial charge < -0.3 is 15.8 Å². The van der Waals surface area contributed by atoms with E-state index in [0.29, 0.717) is 6.54 Å². The van der Waals surface area contributed by atoms with Crippen LogP contribution < -0.4 is 5.73 Å². The fraction of sp³-hybridized carbons (Fsp3) is 0.143. The molecule has 0 bridgehead atoms. The van der Waals surface area contributed by atoms with E-state index in [1.807, 2.05) is 25.1 Å². The van der Waals surface area contributed by atoms with Crippen LogP contribution in [0.5, 0.6) is 5.75 Å². The van der Waals surface area contributed by atoms with Crippen molar-refractivity contribution in [1.82, 2.24) is 15.2 Å². The van der Waals surface area contributed by atoms with E-state index >= 15 is 0 Å². The van der Waals surface area contributed by atoms with Gasteiger partial charge in [0.1, 0.15) is 5.75 Å². The second-order valence-corrected chi connectivity index (χ2v) is 4.48. The number of nitrogens with two attached hydrogens (primary N) is 1. The number of H-pyrrole nitrogens is 1. The van der Waals surface area contributed by atoms with Gasteiger partial charge in [-0.05, 0) is 24.6 Å². The Morgan fingerprint density at radius 3 is 3.00 bits per heavy atom. The third-order valence-electron chi connectivity index (χ3n) is 3.20. The van der Waals surface area contributed by atoms with Crippen molar-refractivity contribution in [3.05, 3.63) is 41.7 Å². The summed E-state index contributed by atoms with van der Waals surface area (Å²) >= 11 is 0. The van der Waals surface area contributed by atoms with Gasteiger partial charge in [0.05, 0.1) is 17.4 Å². The molecule has 0 unspecified atom stereocenters. The molecule has 3 aromatic rings. The molecule has 0 saturated heterocycles. The molecule has 3 rings (SSSR count). The topological polar surface area (TPSA) is 87.8 Å².